The molecule has 2 unspecified atom stereocenters. The molecule has 1 aromatic heterocycles. The molecule has 2 aromatic carbocycles. The number of hydrogen-bond acceptors (Lipinski definition) is 4. The van der Waals surface area contributed by atoms with Crippen molar-refractivity contribution in [3.8, 4) is 0 Å². The lowest BCUT2D eigenvalue weighted by Crippen LogP contribution is -2.25. The topological polar surface area (TPSA) is 55.4 Å². The normalized spacial score (nSPS) is 14.8. The van der Waals surface area contributed by atoms with E-state index in [1.165, 1.54) is 31.3 Å². The van der Waals surface area contributed by atoms with Crippen molar-refractivity contribution in [3.05, 3.63) is 74.2 Å². The van der Waals surface area contributed by atoms with Gasteiger partial charge in [0.25, 0.3) is 0 Å². The molecule has 2 atom stereocenters. The van der Waals surface area contributed by atoms with Crippen LogP contribution in [-0.4, -0.2) is 19.7 Å². The first-order valence-electron chi connectivity index (χ1n) is 8.44. The van der Waals surface area contributed by atoms with Gasteiger partial charge in [-0.2, -0.15) is 0 Å². The van der Waals surface area contributed by atoms with Crippen LogP contribution in [-0.2, 0) is 13.9 Å². The molecule has 0 saturated carbocycles. The first-order valence-corrected chi connectivity index (χ1v) is 12.6. The van der Waals surface area contributed by atoms with E-state index >= 15 is 0 Å². The number of carbonyl (C=O) groups is 1. The van der Waals surface area contributed by atoms with Crippen molar-refractivity contribution in [2.24, 2.45) is 0 Å². The highest BCUT2D eigenvalue weighted by Crippen LogP contribution is 2.58. The fourth-order valence-corrected chi connectivity index (χ4v) is 6.13. The largest absolute Gasteiger partial charge is 0.332 e. The second-order valence-corrected chi connectivity index (χ2v) is 11.3. The molecule has 3 aromatic rings. The highest BCUT2D eigenvalue weighted by atomic mass is 35.5. The van der Waals surface area contributed by atoms with Gasteiger partial charge in [0.1, 0.15) is 5.66 Å². The minimum Gasteiger partial charge on any atom is -0.332 e. The molecule has 0 spiro atoms. The van der Waals surface area contributed by atoms with Crippen molar-refractivity contribution < 1.29 is 13.9 Å². The van der Waals surface area contributed by atoms with Crippen LogP contribution in [0.25, 0.3) is 16.2 Å². The molecule has 1 amide bonds. The molecular formula is C20H17Cl3NO3PS. The molecule has 0 aliphatic carbocycles. The Kier molecular flexibility index (Phi) is 7.10. The van der Waals surface area contributed by atoms with E-state index in [-0.39, 0.29) is 0 Å². The molecule has 1 N–H and O–H groups in total. The molecule has 0 fully saturated rings. The highest BCUT2D eigenvalue weighted by Gasteiger charge is 2.37. The number of carbonyl (C=O) groups excluding carboxylic acids is 1. The molecule has 3 rings (SSSR count). The maximum Gasteiger partial charge on any atom is 0.241 e. The standard InChI is InChI=1S/C20H17Cl3NO3PS/c1-27-28(2,26)19(17-11-29-18-4-3-13(21)10-16(17)18)20(25)24-6-5-12-7-14(22)9-15(23)8-12/h3-11,19H,1-2H3,(H,24,25)/b6-5+. The molecule has 0 bridgehead atoms. The van der Waals surface area contributed by atoms with Gasteiger partial charge in [0.15, 0.2) is 0 Å². The summed E-state index contributed by atoms with van der Waals surface area (Å²) in [7, 11) is -1.96. The lowest BCUT2D eigenvalue weighted by atomic mass is 10.1. The van der Waals surface area contributed by atoms with Gasteiger partial charge in [-0.3, -0.25) is 9.36 Å². The lowest BCUT2D eigenvalue weighted by molar-refractivity contribution is -0.120. The molecule has 0 aliphatic heterocycles. The Balaban J connectivity index is 1.92. The van der Waals surface area contributed by atoms with E-state index in [1.54, 1.807) is 36.4 Å². The summed E-state index contributed by atoms with van der Waals surface area (Å²) in [5, 5.41) is 6.81. The SMILES string of the molecule is COP(C)(=O)C(C(=O)N/C=C/c1cc(Cl)cc(Cl)c1)c1csc2ccc(Cl)cc12. The predicted molar refractivity (Wildman–Crippen MR) is 124 cm³/mol. The summed E-state index contributed by atoms with van der Waals surface area (Å²) >= 11 is 19.6. The van der Waals surface area contributed by atoms with E-state index in [2.05, 4.69) is 5.32 Å². The number of hydrogen-bond donors (Lipinski definition) is 1. The van der Waals surface area contributed by atoms with Crippen molar-refractivity contribution in [3.63, 3.8) is 0 Å². The molecule has 9 heteroatoms. The summed E-state index contributed by atoms with van der Waals surface area (Å²) < 4.78 is 19.3. The predicted octanol–water partition coefficient (Wildman–Crippen LogP) is 7.24. The van der Waals surface area contributed by atoms with E-state index in [1.807, 2.05) is 11.4 Å². The molecule has 152 valence electrons. The number of halogens is 3. The molecule has 0 radical (unpaired) electrons. The van der Waals surface area contributed by atoms with Gasteiger partial charge in [-0.15, -0.1) is 11.3 Å². The van der Waals surface area contributed by atoms with Gasteiger partial charge in [-0.05, 0) is 64.4 Å². The summed E-state index contributed by atoms with van der Waals surface area (Å²) in [6, 6.07) is 10.5. The second-order valence-electron chi connectivity index (χ2n) is 6.37. The number of amides is 1. The fourth-order valence-electron chi connectivity index (χ4n) is 2.92. The monoisotopic (exact) mass is 487 g/mol. The van der Waals surface area contributed by atoms with Crippen LogP contribution in [0, 0.1) is 0 Å². The molecule has 29 heavy (non-hydrogen) atoms. The average molecular weight is 489 g/mol. The summed E-state index contributed by atoms with van der Waals surface area (Å²) in [4.78, 5) is 13.0. The number of thiophene rings is 1. The molecule has 0 aliphatic rings. The zero-order valence-corrected chi connectivity index (χ0v) is 19.5. The van der Waals surface area contributed by atoms with Crippen LogP contribution in [0.5, 0.6) is 0 Å². The van der Waals surface area contributed by atoms with Gasteiger partial charge in [0, 0.05) is 39.7 Å². The van der Waals surface area contributed by atoms with Crippen molar-refractivity contribution in [2.75, 3.05) is 13.8 Å². The lowest BCUT2D eigenvalue weighted by Gasteiger charge is -2.21. The zero-order chi connectivity index (χ0) is 21.2. The van der Waals surface area contributed by atoms with Crippen molar-refractivity contribution >= 4 is 75.6 Å². The van der Waals surface area contributed by atoms with Crippen LogP contribution < -0.4 is 5.32 Å². The molecule has 0 saturated heterocycles. The fraction of sp³-hybridized carbons (Fsp3) is 0.150. The Bertz CT molecular complexity index is 1120. The quantitative estimate of drug-likeness (QED) is 0.372. The smallest absolute Gasteiger partial charge is 0.241 e. The maximum absolute atomic E-state index is 13.1. The van der Waals surface area contributed by atoms with Gasteiger partial charge >= 0.3 is 0 Å². The number of nitrogens with one attached hydrogen (secondary N) is 1. The zero-order valence-electron chi connectivity index (χ0n) is 15.5. The van der Waals surface area contributed by atoms with Gasteiger partial charge in [0.2, 0.25) is 13.3 Å². The number of rotatable bonds is 6. The van der Waals surface area contributed by atoms with Crippen LogP contribution in [0.3, 0.4) is 0 Å². The average Bonchev–Trinajstić information content (AvgIpc) is 3.03. The second kappa shape index (κ2) is 9.22. The van der Waals surface area contributed by atoms with E-state index < -0.39 is 18.9 Å². The van der Waals surface area contributed by atoms with Gasteiger partial charge in [0.05, 0.1) is 0 Å². The molecular weight excluding hydrogens is 472 g/mol. The van der Waals surface area contributed by atoms with Crippen LogP contribution in [0.2, 0.25) is 15.1 Å². The summed E-state index contributed by atoms with van der Waals surface area (Å²) in [5.41, 5.74) is 0.364. The van der Waals surface area contributed by atoms with Crippen LogP contribution >= 0.6 is 53.5 Å². The van der Waals surface area contributed by atoms with Crippen LogP contribution in [0.1, 0.15) is 16.8 Å². The van der Waals surface area contributed by atoms with Crippen molar-refractivity contribution in [1.29, 1.82) is 0 Å². The van der Waals surface area contributed by atoms with E-state index in [4.69, 9.17) is 39.3 Å². The Labute approximate surface area is 187 Å². The third kappa shape index (κ3) is 5.24. The van der Waals surface area contributed by atoms with E-state index in [9.17, 15) is 9.36 Å². The van der Waals surface area contributed by atoms with Gasteiger partial charge in [-0.25, -0.2) is 0 Å². The number of fused-ring (bicyclic) bond motifs is 1. The third-order valence-corrected chi connectivity index (χ3v) is 8.16. The Hall–Kier alpha value is -1.33. The third-order valence-electron chi connectivity index (χ3n) is 4.33. The Morgan fingerprint density at radius 2 is 1.83 bits per heavy atom. The Morgan fingerprint density at radius 1 is 1.14 bits per heavy atom. The summed E-state index contributed by atoms with van der Waals surface area (Å²) in [6.07, 6.45) is 3.12. The minimum absolute atomic E-state index is 0.443. The van der Waals surface area contributed by atoms with Crippen molar-refractivity contribution in [2.45, 2.75) is 5.66 Å². The maximum atomic E-state index is 13.1. The molecule has 4 nitrogen and oxygen atoms in total. The highest BCUT2D eigenvalue weighted by molar-refractivity contribution is 7.59. The van der Waals surface area contributed by atoms with Crippen molar-refractivity contribution in [1.82, 2.24) is 5.32 Å². The van der Waals surface area contributed by atoms with Gasteiger partial charge < -0.3 is 9.84 Å². The molecule has 1 heterocycles. The van der Waals surface area contributed by atoms with Crippen LogP contribution in [0.15, 0.2) is 48.0 Å². The number of benzene rings is 2. The van der Waals surface area contributed by atoms with E-state index in [0.717, 1.165) is 15.6 Å². The van der Waals surface area contributed by atoms with Crippen LogP contribution in [0.4, 0.5) is 0 Å². The van der Waals surface area contributed by atoms with Gasteiger partial charge in [-0.1, -0.05) is 34.8 Å². The minimum atomic E-state index is -3.30. The van der Waals surface area contributed by atoms with E-state index in [0.29, 0.717) is 20.6 Å². The summed E-state index contributed by atoms with van der Waals surface area (Å²) in [6.45, 7) is 1.45. The first kappa shape index (κ1) is 22.4. The Morgan fingerprint density at radius 3 is 2.48 bits per heavy atom. The first-order chi connectivity index (χ1) is 13.7. The summed E-state index contributed by atoms with van der Waals surface area (Å²) in [5.74, 6) is -0.443.